The van der Waals surface area contributed by atoms with Gasteiger partial charge in [-0.3, -0.25) is 4.79 Å². The van der Waals surface area contributed by atoms with Crippen molar-refractivity contribution in [2.24, 2.45) is 5.10 Å². The maximum Gasteiger partial charge on any atom is 0.240 e. The maximum atomic E-state index is 11.8. The van der Waals surface area contributed by atoms with E-state index in [9.17, 15) is 9.90 Å². The summed E-state index contributed by atoms with van der Waals surface area (Å²) < 4.78 is 10.2. The van der Waals surface area contributed by atoms with Crippen LogP contribution in [0, 0.1) is 0 Å². The SMILES string of the molecule is CCCCCCCCCCCC(=O)N/N=C/c1cc(OC)c(O)c(OC)c1. The van der Waals surface area contributed by atoms with Gasteiger partial charge in [-0.05, 0) is 18.6 Å². The number of phenols is 1. The minimum Gasteiger partial charge on any atom is -0.502 e. The predicted octanol–water partition coefficient (Wildman–Crippen LogP) is 4.78. The summed E-state index contributed by atoms with van der Waals surface area (Å²) in [6.45, 7) is 2.23. The molecular formula is C21H34N2O4. The molecule has 1 rings (SSSR count). The van der Waals surface area contributed by atoms with E-state index in [0.29, 0.717) is 12.0 Å². The van der Waals surface area contributed by atoms with Gasteiger partial charge >= 0.3 is 0 Å². The number of aromatic hydroxyl groups is 1. The Balaban J connectivity index is 2.24. The van der Waals surface area contributed by atoms with Gasteiger partial charge in [0.05, 0.1) is 20.4 Å². The molecule has 0 aliphatic carbocycles. The van der Waals surface area contributed by atoms with Crippen LogP contribution >= 0.6 is 0 Å². The number of benzene rings is 1. The molecule has 0 aromatic heterocycles. The van der Waals surface area contributed by atoms with E-state index in [2.05, 4.69) is 17.5 Å². The van der Waals surface area contributed by atoms with Crippen molar-refractivity contribution in [1.29, 1.82) is 0 Å². The molecule has 0 unspecified atom stereocenters. The lowest BCUT2D eigenvalue weighted by molar-refractivity contribution is -0.121. The predicted molar refractivity (Wildman–Crippen MR) is 109 cm³/mol. The lowest BCUT2D eigenvalue weighted by Gasteiger charge is -2.09. The van der Waals surface area contributed by atoms with Gasteiger partial charge in [-0.15, -0.1) is 0 Å². The maximum absolute atomic E-state index is 11.8. The fourth-order valence-electron chi connectivity index (χ4n) is 2.82. The number of ether oxygens (including phenoxy) is 2. The molecule has 1 aromatic rings. The summed E-state index contributed by atoms with van der Waals surface area (Å²) >= 11 is 0. The first-order valence-electron chi connectivity index (χ1n) is 9.89. The molecule has 6 heteroatoms. The zero-order valence-corrected chi connectivity index (χ0v) is 16.9. The van der Waals surface area contributed by atoms with Gasteiger partial charge in [-0.25, -0.2) is 5.43 Å². The molecule has 0 radical (unpaired) electrons. The molecule has 0 fully saturated rings. The number of carbonyl (C=O) groups is 1. The van der Waals surface area contributed by atoms with E-state index in [1.807, 2.05) is 0 Å². The number of carbonyl (C=O) groups excluding carboxylic acids is 1. The third-order valence-corrected chi connectivity index (χ3v) is 4.41. The normalized spacial score (nSPS) is 10.9. The Morgan fingerprint density at radius 3 is 2.04 bits per heavy atom. The van der Waals surface area contributed by atoms with Gasteiger partial charge in [0, 0.05) is 12.0 Å². The van der Waals surface area contributed by atoms with E-state index in [-0.39, 0.29) is 23.2 Å². The van der Waals surface area contributed by atoms with Crippen molar-refractivity contribution in [2.45, 2.75) is 71.1 Å². The Morgan fingerprint density at radius 1 is 1.00 bits per heavy atom. The second kappa shape index (κ2) is 13.9. The monoisotopic (exact) mass is 378 g/mol. The van der Waals surface area contributed by atoms with Crippen LogP contribution in [-0.2, 0) is 4.79 Å². The first kappa shape index (κ1) is 22.8. The highest BCUT2D eigenvalue weighted by Crippen LogP contribution is 2.36. The second-order valence-corrected chi connectivity index (χ2v) is 6.65. The number of methoxy groups -OCH3 is 2. The molecule has 0 saturated carbocycles. The summed E-state index contributed by atoms with van der Waals surface area (Å²) in [6, 6.07) is 3.24. The summed E-state index contributed by atoms with van der Waals surface area (Å²) in [5.74, 6) is 0.423. The standard InChI is InChI=1S/C21H34N2O4/c1-4-5-6-7-8-9-10-11-12-13-20(24)23-22-16-17-14-18(26-2)21(25)19(15-17)27-3/h14-16,25H,4-13H2,1-3H3,(H,23,24)/b22-16+. The Bertz CT molecular complexity index is 563. The Hall–Kier alpha value is -2.24. The van der Waals surface area contributed by atoms with Crippen LogP contribution in [0.2, 0.25) is 0 Å². The average Bonchev–Trinajstić information content (AvgIpc) is 2.67. The molecule has 0 aliphatic heterocycles. The first-order chi connectivity index (χ1) is 13.1. The number of hydrogen-bond donors (Lipinski definition) is 2. The smallest absolute Gasteiger partial charge is 0.240 e. The fraction of sp³-hybridized carbons (Fsp3) is 0.619. The fourth-order valence-corrected chi connectivity index (χ4v) is 2.82. The number of phenolic OH excluding ortho intramolecular Hbond substituents is 1. The van der Waals surface area contributed by atoms with Crippen molar-refractivity contribution < 1.29 is 19.4 Å². The van der Waals surface area contributed by atoms with Crippen molar-refractivity contribution in [2.75, 3.05) is 14.2 Å². The molecular weight excluding hydrogens is 344 g/mol. The van der Waals surface area contributed by atoms with Gasteiger partial charge in [-0.2, -0.15) is 5.10 Å². The number of hydrazone groups is 1. The molecule has 2 N–H and O–H groups in total. The van der Waals surface area contributed by atoms with E-state index in [1.54, 1.807) is 12.1 Å². The summed E-state index contributed by atoms with van der Waals surface area (Å²) in [7, 11) is 2.92. The van der Waals surface area contributed by atoms with Gasteiger partial charge in [0.2, 0.25) is 11.7 Å². The van der Waals surface area contributed by atoms with Crippen molar-refractivity contribution in [3.63, 3.8) is 0 Å². The van der Waals surface area contributed by atoms with Crippen LogP contribution in [-0.4, -0.2) is 31.4 Å². The Labute approximate surface area is 163 Å². The topological polar surface area (TPSA) is 80.2 Å². The van der Waals surface area contributed by atoms with Crippen LogP contribution < -0.4 is 14.9 Å². The highest BCUT2D eigenvalue weighted by molar-refractivity contribution is 5.84. The van der Waals surface area contributed by atoms with Crippen LogP contribution in [0.3, 0.4) is 0 Å². The molecule has 1 amide bonds. The van der Waals surface area contributed by atoms with E-state index in [4.69, 9.17) is 9.47 Å². The minimum absolute atomic E-state index is 0.0634. The first-order valence-corrected chi connectivity index (χ1v) is 9.89. The third-order valence-electron chi connectivity index (χ3n) is 4.41. The Morgan fingerprint density at radius 2 is 1.52 bits per heavy atom. The number of hydrogen-bond acceptors (Lipinski definition) is 5. The lowest BCUT2D eigenvalue weighted by Crippen LogP contribution is -2.16. The minimum atomic E-state index is -0.0908. The molecule has 0 bridgehead atoms. The molecule has 152 valence electrons. The summed E-state index contributed by atoms with van der Waals surface area (Å²) in [6.07, 6.45) is 13.0. The molecule has 0 aliphatic rings. The van der Waals surface area contributed by atoms with Crippen LogP contribution in [0.5, 0.6) is 17.2 Å². The second-order valence-electron chi connectivity index (χ2n) is 6.65. The third kappa shape index (κ3) is 9.31. The quantitative estimate of drug-likeness (QED) is 0.277. The number of unbranched alkanes of at least 4 members (excludes halogenated alkanes) is 8. The zero-order chi connectivity index (χ0) is 19.9. The molecule has 0 spiro atoms. The summed E-state index contributed by atoms with van der Waals surface area (Å²) in [4.78, 5) is 11.8. The van der Waals surface area contributed by atoms with Gasteiger partial charge in [-0.1, -0.05) is 58.3 Å². The molecule has 6 nitrogen and oxygen atoms in total. The number of amides is 1. The average molecular weight is 379 g/mol. The highest BCUT2D eigenvalue weighted by atomic mass is 16.5. The molecule has 0 heterocycles. The van der Waals surface area contributed by atoms with Crippen LogP contribution in [0.1, 0.15) is 76.7 Å². The van der Waals surface area contributed by atoms with E-state index < -0.39 is 0 Å². The van der Waals surface area contributed by atoms with Crippen molar-refractivity contribution in [3.05, 3.63) is 17.7 Å². The molecule has 0 atom stereocenters. The van der Waals surface area contributed by atoms with Crippen molar-refractivity contribution in [1.82, 2.24) is 5.43 Å². The summed E-state index contributed by atoms with van der Waals surface area (Å²) in [5, 5.41) is 13.8. The Kier molecular flexibility index (Phi) is 11.7. The van der Waals surface area contributed by atoms with Crippen LogP contribution in [0.4, 0.5) is 0 Å². The highest BCUT2D eigenvalue weighted by Gasteiger charge is 2.10. The lowest BCUT2D eigenvalue weighted by atomic mass is 10.1. The number of nitrogens with one attached hydrogen (secondary N) is 1. The number of nitrogens with zero attached hydrogens (tertiary/aromatic N) is 1. The van der Waals surface area contributed by atoms with Crippen LogP contribution in [0.15, 0.2) is 17.2 Å². The van der Waals surface area contributed by atoms with E-state index in [1.165, 1.54) is 65.4 Å². The molecule has 27 heavy (non-hydrogen) atoms. The zero-order valence-electron chi connectivity index (χ0n) is 16.9. The molecule has 1 aromatic carbocycles. The van der Waals surface area contributed by atoms with Crippen molar-refractivity contribution in [3.8, 4) is 17.2 Å². The van der Waals surface area contributed by atoms with Crippen LogP contribution in [0.25, 0.3) is 0 Å². The van der Waals surface area contributed by atoms with E-state index in [0.717, 1.165) is 12.8 Å². The van der Waals surface area contributed by atoms with E-state index >= 15 is 0 Å². The van der Waals surface area contributed by atoms with Gasteiger partial charge in [0.15, 0.2) is 11.5 Å². The number of rotatable bonds is 14. The van der Waals surface area contributed by atoms with Gasteiger partial charge in [0.25, 0.3) is 0 Å². The molecule has 0 saturated heterocycles. The summed E-state index contributed by atoms with van der Waals surface area (Å²) in [5.41, 5.74) is 3.19. The largest absolute Gasteiger partial charge is 0.502 e. The van der Waals surface area contributed by atoms with Gasteiger partial charge < -0.3 is 14.6 Å². The van der Waals surface area contributed by atoms with Crippen molar-refractivity contribution >= 4 is 12.1 Å². The van der Waals surface area contributed by atoms with Gasteiger partial charge in [0.1, 0.15) is 0 Å².